The number of carbonyl (C=O) groups is 2. The highest BCUT2D eigenvalue weighted by Gasteiger charge is 2.14. The molecule has 0 unspecified atom stereocenters. The van der Waals surface area contributed by atoms with Crippen molar-refractivity contribution < 1.29 is 14.7 Å². The highest BCUT2D eigenvalue weighted by molar-refractivity contribution is 5.87. The molecule has 156 valence electrons. The van der Waals surface area contributed by atoms with E-state index in [1.54, 1.807) is 12.1 Å². The predicted molar refractivity (Wildman–Crippen MR) is 106 cm³/mol. The molecule has 0 aliphatic heterocycles. The Balaban J connectivity index is 1.70. The summed E-state index contributed by atoms with van der Waals surface area (Å²) in [6.45, 7) is 0.197. The Kier molecular flexibility index (Phi) is 5.63. The lowest BCUT2D eigenvalue weighted by atomic mass is 10.1. The molecule has 11 heteroatoms. The van der Waals surface area contributed by atoms with Gasteiger partial charge in [-0.05, 0) is 17.7 Å². The maximum absolute atomic E-state index is 12.3. The van der Waals surface area contributed by atoms with E-state index in [-0.39, 0.29) is 47.7 Å². The molecule has 0 aliphatic carbocycles. The van der Waals surface area contributed by atoms with Gasteiger partial charge in [-0.3, -0.25) is 23.5 Å². The predicted octanol–water partition coefficient (Wildman–Crippen LogP) is -0.732. The number of benzene rings is 1. The number of aryl methyl sites for hydroxylation is 2. The smallest absolute Gasteiger partial charge is 0.335 e. The number of amides is 1. The molecule has 0 bridgehead atoms. The molecule has 0 aliphatic rings. The van der Waals surface area contributed by atoms with E-state index in [4.69, 9.17) is 5.11 Å². The minimum atomic E-state index is -1.03. The van der Waals surface area contributed by atoms with Crippen LogP contribution in [0.3, 0.4) is 0 Å². The zero-order chi connectivity index (χ0) is 22.0. The summed E-state index contributed by atoms with van der Waals surface area (Å²) >= 11 is 0. The maximum Gasteiger partial charge on any atom is 0.335 e. The highest BCUT2D eigenvalue weighted by atomic mass is 16.4. The number of aromatic nitrogens is 4. The van der Waals surface area contributed by atoms with Crippen LogP contribution in [0.15, 0.2) is 38.6 Å². The summed E-state index contributed by atoms with van der Waals surface area (Å²) in [5.74, 6) is -1.37. The molecule has 0 fully saturated rings. The Labute approximate surface area is 168 Å². The van der Waals surface area contributed by atoms with Crippen molar-refractivity contribution in [1.29, 1.82) is 0 Å². The fraction of sp³-hybridized carbons (Fsp3) is 0.263. The van der Waals surface area contributed by atoms with Gasteiger partial charge in [-0.15, -0.1) is 0 Å². The SMILES string of the molecule is Cn1c(=O)c2nc(CCC(=O)NCc3ccc(C(=O)O)cc3)c(=O)[nH]c2n(C)c1=O. The van der Waals surface area contributed by atoms with Crippen molar-refractivity contribution in [2.45, 2.75) is 19.4 Å². The van der Waals surface area contributed by atoms with Gasteiger partial charge in [0, 0.05) is 33.5 Å². The summed E-state index contributed by atoms with van der Waals surface area (Å²) in [5.41, 5.74) is -0.968. The van der Waals surface area contributed by atoms with Crippen LogP contribution in [0.5, 0.6) is 0 Å². The van der Waals surface area contributed by atoms with Crippen LogP contribution in [-0.2, 0) is 31.9 Å². The second-order valence-corrected chi connectivity index (χ2v) is 6.69. The topological polar surface area (TPSA) is 156 Å². The number of rotatable bonds is 6. The third-order valence-electron chi connectivity index (χ3n) is 4.66. The van der Waals surface area contributed by atoms with Crippen LogP contribution in [0.1, 0.15) is 28.0 Å². The molecule has 3 N–H and O–H groups in total. The Morgan fingerprint density at radius 1 is 1.10 bits per heavy atom. The van der Waals surface area contributed by atoms with Crippen molar-refractivity contribution in [3.63, 3.8) is 0 Å². The Bertz CT molecular complexity index is 1320. The summed E-state index contributed by atoms with van der Waals surface area (Å²) < 4.78 is 2.01. The van der Waals surface area contributed by atoms with Gasteiger partial charge in [0.1, 0.15) is 11.3 Å². The maximum atomic E-state index is 12.3. The standard InChI is InChI=1S/C19H19N5O6/c1-23-15-14(17(27)24(2)19(23)30)21-12(16(26)22-15)7-8-13(25)20-9-10-3-5-11(6-4-10)18(28)29/h3-6H,7-9H2,1-2H3,(H,20,25)(H,22,26)(H,28,29). The fourth-order valence-corrected chi connectivity index (χ4v) is 2.89. The average molecular weight is 413 g/mol. The molecule has 1 aromatic carbocycles. The lowest BCUT2D eigenvalue weighted by Crippen LogP contribution is -2.39. The molecule has 3 rings (SSSR count). The normalized spacial score (nSPS) is 10.9. The lowest BCUT2D eigenvalue weighted by Gasteiger charge is -2.08. The number of nitrogens with one attached hydrogen (secondary N) is 2. The van der Waals surface area contributed by atoms with Crippen molar-refractivity contribution in [2.24, 2.45) is 14.1 Å². The van der Waals surface area contributed by atoms with Crippen LogP contribution < -0.4 is 22.1 Å². The van der Waals surface area contributed by atoms with E-state index in [2.05, 4.69) is 15.3 Å². The van der Waals surface area contributed by atoms with Crippen LogP contribution in [0.4, 0.5) is 0 Å². The first-order chi connectivity index (χ1) is 14.2. The van der Waals surface area contributed by atoms with E-state index in [1.165, 1.54) is 26.2 Å². The first-order valence-electron chi connectivity index (χ1n) is 8.97. The summed E-state index contributed by atoms with van der Waals surface area (Å²) in [5, 5.41) is 11.6. The van der Waals surface area contributed by atoms with Crippen LogP contribution in [-0.4, -0.2) is 36.1 Å². The van der Waals surface area contributed by atoms with E-state index in [0.29, 0.717) is 0 Å². The summed E-state index contributed by atoms with van der Waals surface area (Å²) in [6, 6.07) is 6.07. The first kappa shape index (κ1) is 20.7. The second kappa shape index (κ2) is 8.15. The molecule has 30 heavy (non-hydrogen) atoms. The number of aromatic carboxylic acids is 1. The van der Waals surface area contributed by atoms with E-state index in [1.807, 2.05) is 0 Å². The average Bonchev–Trinajstić information content (AvgIpc) is 2.73. The van der Waals surface area contributed by atoms with Gasteiger partial charge in [0.25, 0.3) is 11.1 Å². The van der Waals surface area contributed by atoms with Crippen LogP contribution >= 0.6 is 0 Å². The largest absolute Gasteiger partial charge is 0.478 e. The number of carboxylic acid groups (broad SMARTS) is 1. The van der Waals surface area contributed by atoms with Crippen LogP contribution in [0.2, 0.25) is 0 Å². The minimum Gasteiger partial charge on any atom is -0.478 e. The molecular formula is C19H19N5O6. The molecule has 2 aromatic heterocycles. The van der Waals surface area contributed by atoms with E-state index >= 15 is 0 Å². The number of carbonyl (C=O) groups excluding carboxylic acids is 1. The molecule has 2 heterocycles. The number of fused-ring (bicyclic) bond motifs is 1. The van der Waals surface area contributed by atoms with Gasteiger partial charge in [-0.1, -0.05) is 12.1 Å². The zero-order valence-corrected chi connectivity index (χ0v) is 16.3. The molecule has 1 amide bonds. The number of hydrogen-bond acceptors (Lipinski definition) is 6. The summed E-state index contributed by atoms with van der Waals surface area (Å²) in [6.07, 6.45) is -0.0398. The fourth-order valence-electron chi connectivity index (χ4n) is 2.89. The number of aromatic amines is 1. The third-order valence-corrected chi connectivity index (χ3v) is 4.66. The highest BCUT2D eigenvalue weighted by Crippen LogP contribution is 2.05. The van der Waals surface area contributed by atoms with Crippen molar-refractivity contribution in [3.05, 3.63) is 72.3 Å². The van der Waals surface area contributed by atoms with Crippen LogP contribution in [0.25, 0.3) is 11.2 Å². The Hall–Kier alpha value is -4.02. The second-order valence-electron chi connectivity index (χ2n) is 6.69. The van der Waals surface area contributed by atoms with Crippen LogP contribution in [0, 0.1) is 0 Å². The monoisotopic (exact) mass is 413 g/mol. The molecular weight excluding hydrogens is 394 g/mol. The van der Waals surface area contributed by atoms with E-state index in [9.17, 15) is 24.0 Å². The summed E-state index contributed by atoms with van der Waals surface area (Å²) in [7, 11) is 2.73. The number of H-pyrrole nitrogens is 1. The van der Waals surface area contributed by atoms with E-state index < -0.39 is 22.8 Å². The third kappa shape index (κ3) is 4.04. The Morgan fingerprint density at radius 2 is 1.77 bits per heavy atom. The quantitative estimate of drug-likeness (QED) is 0.481. The number of carboxylic acids is 1. The Morgan fingerprint density at radius 3 is 2.40 bits per heavy atom. The van der Waals surface area contributed by atoms with Crippen molar-refractivity contribution in [2.75, 3.05) is 0 Å². The molecule has 0 saturated heterocycles. The lowest BCUT2D eigenvalue weighted by molar-refractivity contribution is -0.121. The molecule has 0 radical (unpaired) electrons. The molecule has 3 aromatic rings. The first-order valence-corrected chi connectivity index (χ1v) is 8.97. The van der Waals surface area contributed by atoms with Crippen molar-refractivity contribution >= 4 is 23.0 Å². The van der Waals surface area contributed by atoms with Gasteiger partial charge in [-0.25, -0.2) is 14.6 Å². The molecule has 11 nitrogen and oxygen atoms in total. The molecule has 0 spiro atoms. The minimum absolute atomic E-state index is 0.00105. The van der Waals surface area contributed by atoms with Crippen molar-refractivity contribution in [1.82, 2.24) is 24.4 Å². The number of nitrogens with zero attached hydrogens (tertiary/aromatic N) is 3. The van der Waals surface area contributed by atoms with Gasteiger partial charge in [-0.2, -0.15) is 0 Å². The number of hydrogen-bond donors (Lipinski definition) is 3. The van der Waals surface area contributed by atoms with Gasteiger partial charge < -0.3 is 15.4 Å². The van der Waals surface area contributed by atoms with Gasteiger partial charge in [0.05, 0.1) is 5.56 Å². The van der Waals surface area contributed by atoms with E-state index in [0.717, 1.165) is 14.7 Å². The van der Waals surface area contributed by atoms with Gasteiger partial charge in [0.2, 0.25) is 5.91 Å². The molecule has 0 atom stereocenters. The summed E-state index contributed by atoms with van der Waals surface area (Å²) in [4.78, 5) is 66.0. The van der Waals surface area contributed by atoms with Gasteiger partial charge >= 0.3 is 11.7 Å². The zero-order valence-electron chi connectivity index (χ0n) is 16.3. The molecule has 0 saturated carbocycles. The van der Waals surface area contributed by atoms with Crippen molar-refractivity contribution in [3.8, 4) is 0 Å². The van der Waals surface area contributed by atoms with Gasteiger partial charge in [0.15, 0.2) is 5.52 Å².